The van der Waals surface area contributed by atoms with Crippen LogP contribution in [0.4, 0.5) is 0 Å². The van der Waals surface area contributed by atoms with E-state index in [1.54, 1.807) is 4.68 Å². The van der Waals surface area contributed by atoms with Crippen molar-refractivity contribution in [3.63, 3.8) is 0 Å². The average Bonchev–Trinajstić information content (AvgIpc) is 2.97. The van der Waals surface area contributed by atoms with Crippen LogP contribution in [0.25, 0.3) is 0 Å². The van der Waals surface area contributed by atoms with Crippen LogP contribution in [0.5, 0.6) is 0 Å². The zero-order valence-electron chi connectivity index (χ0n) is 11.2. The molecule has 2 atom stereocenters. The van der Waals surface area contributed by atoms with Gasteiger partial charge in [0.2, 0.25) is 0 Å². The van der Waals surface area contributed by atoms with Gasteiger partial charge in [0.15, 0.2) is 0 Å². The van der Waals surface area contributed by atoms with Gasteiger partial charge in [-0.25, -0.2) is 0 Å². The van der Waals surface area contributed by atoms with E-state index >= 15 is 0 Å². The third kappa shape index (κ3) is 2.79. The van der Waals surface area contributed by atoms with Crippen LogP contribution < -0.4 is 5.73 Å². The van der Waals surface area contributed by atoms with Gasteiger partial charge in [0.1, 0.15) is 0 Å². The van der Waals surface area contributed by atoms with Gasteiger partial charge < -0.3 is 5.73 Å². The molecular formula is C13H21N5. The van der Waals surface area contributed by atoms with Gasteiger partial charge in [0, 0.05) is 31.9 Å². The van der Waals surface area contributed by atoms with Gasteiger partial charge in [-0.05, 0) is 25.5 Å². The molecule has 5 nitrogen and oxygen atoms in total. The molecule has 5 heteroatoms. The Morgan fingerprint density at radius 3 is 2.67 bits per heavy atom. The summed E-state index contributed by atoms with van der Waals surface area (Å²) in [6.07, 6.45) is 5.73. The van der Waals surface area contributed by atoms with Crippen molar-refractivity contribution in [2.45, 2.75) is 38.8 Å². The minimum Gasteiger partial charge on any atom is -0.322 e. The molecule has 2 N–H and O–H groups in total. The molecule has 2 rings (SSSR count). The average molecular weight is 247 g/mol. The van der Waals surface area contributed by atoms with Crippen molar-refractivity contribution in [2.75, 3.05) is 0 Å². The van der Waals surface area contributed by atoms with Gasteiger partial charge >= 0.3 is 0 Å². The molecule has 0 amide bonds. The number of nitrogens with two attached hydrogens (primary N) is 1. The predicted octanol–water partition coefficient (Wildman–Crippen LogP) is 1.83. The molecule has 2 aromatic rings. The van der Waals surface area contributed by atoms with E-state index in [-0.39, 0.29) is 6.04 Å². The van der Waals surface area contributed by atoms with E-state index in [0.29, 0.717) is 6.04 Å². The van der Waals surface area contributed by atoms with Crippen molar-refractivity contribution < 1.29 is 0 Å². The van der Waals surface area contributed by atoms with E-state index in [9.17, 15) is 0 Å². The van der Waals surface area contributed by atoms with Gasteiger partial charge in [-0.3, -0.25) is 9.36 Å². The zero-order valence-corrected chi connectivity index (χ0v) is 11.2. The number of hydrogen-bond donors (Lipinski definition) is 1. The summed E-state index contributed by atoms with van der Waals surface area (Å²) in [5.74, 6) is 0. The second-order valence-corrected chi connectivity index (χ2v) is 4.77. The van der Waals surface area contributed by atoms with Crippen molar-refractivity contribution >= 4 is 0 Å². The van der Waals surface area contributed by atoms with Crippen LogP contribution in [-0.2, 0) is 13.5 Å². The molecule has 0 aromatic carbocycles. The van der Waals surface area contributed by atoms with Crippen LogP contribution in [0.1, 0.15) is 43.7 Å². The van der Waals surface area contributed by atoms with Crippen molar-refractivity contribution in [2.24, 2.45) is 12.8 Å². The molecule has 98 valence electrons. The van der Waals surface area contributed by atoms with Crippen LogP contribution in [0.3, 0.4) is 0 Å². The van der Waals surface area contributed by atoms with Crippen molar-refractivity contribution in [1.29, 1.82) is 0 Å². The van der Waals surface area contributed by atoms with Gasteiger partial charge in [-0.1, -0.05) is 6.92 Å². The Kier molecular flexibility index (Phi) is 3.81. The molecule has 2 aromatic heterocycles. The Hall–Kier alpha value is -1.62. The minimum absolute atomic E-state index is 0.0912. The van der Waals surface area contributed by atoms with E-state index < -0.39 is 0 Å². The number of rotatable bonds is 5. The monoisotopic (exact) mass is 247 g/mol. The van der Waals surface area contributed by atoms with E-state index in [1.165, 1.54) is 0 Å². The van der Waals surface area contributed by atoms with E-state index in [0.717, 1.165) is 24.2 Å². The first-order valence-electron chi connectivity index (χ1n) is 6.39. The summed E-state index contributed by atoms with van der Waals surface area (Å²) in [5, 5.41) is 8.88. The maximum absolute atomic E-state index is 6.13. The van der Waals surface area contributed by atoms with Gasteiger partial charge in [0.25, 0.3) is 0 Å². The highest BCUT2D eigenvalue weighted by atomic mass is 15.3. The Morgan fingerprint density at radius 1 is 1.28 bits per heavy atom. The first kappa shape index (κ1) is 12.8. The fraction of sp³-hybridized carbons (Fsp3) is 0.538. The van der Waals surface area contributed by atoms with E-state index in [2.05, 4.69) is 24.0 Å². The normalized spacial score (nSPS) is 14.7. The molecular weight excluding hydrogens is 226 g/mol. The maximum Gasteiger partial charge on any atom is 0.0795 e. The van der Waals surface area contributed by atoms with Crippen LogP contribution in [-0.4, -0.2) is 19.6 Å². The SMILES string of the molecule is CCC(C)n1ccc(CC(N)c2ccn(C)n2)n1. The Labute approximate surface area is 108 Å². The molecule has 0 aliphatic carbocycles. The standard InChI is InChI=1S/C13H21N5/c1-4-10(2)18-8-5-11(15-18)9-12(14)13-6-7-17(3)16-13/h5-8,10,12H,4,9,14H2,1-3H3. The molecule has 2 unspecified atom stereocenters. The Bertz CT molecular complexity index is 499. The molecule has 0 bridgehead atoms. The predicted molar refractivity (Wildman–Crippen MR) is 71.1 cm³/mol. The molecule has 0 aliphatic rings. The second-order valence-electron chi connectivity index (χ2n) is 4.77. The number of aromatic nitrogens is 4. The van der Waals surface area contributed by atoms with Crippen molar-refractivity contribution in [3.8, 4) is 0 Å². The first-order chi connectivity index (χ1) is 8.60. The lowest BCUT2D eigenvalue weighted by molar-refractivity contribution is 0.471. The van der Waals surface area contributed by atoms with Gasteiger partial charge in [0.05, 0.1) is 17.4 Å². The number of nitrogens with zero attached hydrogens (tertiary/aromatic N) is 4. The molecule has 0 fully saturated rings. The smallest absolute Gasteiger partial charge is 0.0795 e. The largest absolute Gasteiger partial charge is 0.322 e. The van der Waals surface area contributed by atoms with Crippen molar-refractivity contribution in [3.05, 3.63) is 35.9 Å². The molecule has 0 saturated heterocycles. The topological polar surface area (TPSA) is 61.7 Å². The lowest BCUT2D eigenvalue weighted by atomic mass is 10.1. The van der Waals surface area contributed by atoms with Crippen LogP contribution in [0.2, 0.25) is 0 Å². The number of hydrogen-bond acceptors (Lipinski definition) is 3. The summed E-state index contributed by atoms with van der Waals surface area (Å²) in [6.45, 7) is 4.32. The third-order valence-electron chi connectivity index (χ3n) is 3.25. The van der Waals surface area contributed by atoms with E-state index in [4.69, 9.17) is 5.73 Å². The molecule has 0 radical (unpaired) electrons. The molecule has 0 saturated carbocycles. The highest BCUT2D eigenvalue weighted by molar-refractivity contribution is 5.10. The summed E-state index contributed by atoms with van der Waals surface area (Å²) in [4.78, 5) is 0. The Morgan fingerprint density at radius 2 is 2.06 bits per heavy atom. The maximum atomic E-state index is 6.13. The van der Waals surface area contributed by atoms with Crippen LogP contribution in [0, 0.1) is 0 Å². The summed E-state index contributed by atoms with van der Waals surface area (Å²) in [7, 11) is 1.90. The first-order valence-corrected chi connectivity index (χ1v) is 6.39. The minimum atomic E-state index is -0.0912. The highest BCUT2D eigenvalue weighted by Gasteiger charge is 2.12. The molecule has 0 spiro atoms. The molecule has 0 aliphatic heterocycles. The van der Waals surface area contributed by atoms with Crippen LogP contribution in [0.15, 0.2) is 24.5 Å². The van der Waals surface area contributed by atoms with Gasteiger partial charge in [-0.2, -0.15) is 10.2 Å². The number of aryl methyl sites for hydroxylation is 1. The van der Waals surface area contributed by atoms with Gasteiger partial charge in [-0.15, -0.1) is 0 Å². The van der Waals surface area contributed by atoms with Crippen molar-refractivity contribution in [1.82, 2.24) is 19.6 Å². The lowest BCUT2D eigenvalue weighted by Crippen LogP contribution is -2.15. The fourth-order valence-corrected chi connectivity index (χ4v) is 1.88. The lowest BCUT2D eigenvalue weighted by Gasteiger charge is -2.09. The Balaban J connectivity index is 2.03. The van der Waals surface area contributed by atoms with Crippen LogP contribution >= 0.6 is 0 Å². The fourth-order valence-electron chi connectivity index (χ4n) is 1.88. The quantitative estimate of drug-likeness (QED) is 0.876. The summed E-state index contributed by atoms with van der Waals surface area (Å²) in [5.41, 5.74) is 8.07. The second kappa shape index (κ2) is 5.35. The summed E-state index contributed by atoms with van der Waals surface area (Å²) >= 11 is 0. The molecule has 2 heterocycles. The zero-order chi connectivity index (χ0) is 13.1. The highest BCUT2D eigenvalue weighted by Crippen LogP contribution is 2.15. The molecule has 18 heavy (non-hydrogen) atoms. The van der Waals surface area contributed by atoms with E-state index in [1.807, 2.05) is 36.3 Å². The third-order valence-corrected chi connectivity index (χ3v) is 3.25. The summed E-state index contributed by atoms with van der Waals surface area (Å²) < 4.78 is 3.77. The summed E-state index contributed by atoms with van der Waals surface area (Å²) in [6, 6.07) is 4.34.